The largest absolute Gasteiger partial charge is 0.454 e. The van der Waals surface area contributed by atoms with Crippen LogP contribution in [0.5, 0.6) is 0 Å². The zero-order chi connectivity index (χ0) is 17.5. The normalized spacial score (nSPS) is 22.7. The van der Waals surface area contributed by atoms with E-state index in [1.165, 1.54) is 11.1 Å². The number of ether oxygens (including phenoxy) is 1. The molecular formula is C20H30O3. The molecule has 0 aliphatic carbocycles. The van der Waals surface area contributed by atoms with Crippen LogP contribution < -0.4 is 0 Å². The number of aliphatic hydroxyl groups is 1. The number of carbonyl (C=O) groups is 1. The molecule has 23 heavy (non-hydrogen) atoms. The van der Waals surface area contributed by atoms with Crippen LogP contribution in [-0.4, -0.2) is 22.8 Å². The van der Waals surface area contributed by atoms with E-state index >= 15 is 0 Å². The summed E-state index contributed by atoms with van der Waals surface area (Å²) in [4.78, 5) is 11.8. The number of allylic oxidation sites excluding steroid dienone is 4. The van der Waals surface area contributed by atoms with Gasteiger partial charge in [-0.15, -0.1) is 6.58 Å². The molecule has 1 aliphatic heterocycles. The second-order valence-electron chi connectivity index (χ2n) is 6.81. The third-order valence-corrected chi connectivity index (χ3v) is 3.97. The van der Waals surface area contributed by atoms with E-state index in [0.29, 0.717) is 12.8 Å². The predicted molar refractivity (Wildman–Crippen MR) is 95.1 cm³/mol. The maximum absolute atomic E-state index is 11.8. The molecule has 0 unspecified atom stereocenters. The third kappa shape index (κ3) is 7.47. The van der Waals surface area contributed by atoms with Crippen LogP contribution in [0.1, 0.15) is 59.8 Å². The van der Waals surface area contributed by atoms with Crippen molar-refractivity contribution >= 4 is 5.97 Å². The molecule has 0 bridgehead atoms. The van der Waals surface area contributed by atoms with Crippen molar-refractivity contribution in [1.82, 2.24) is 0 Å². The molecule has 1 aliphatic rings. The van der Waals surface area contributed by atoms with E-state index in [9.17, 15) is 9.90 Å². The molecule has 1 N–H and O–H groups in total. The van der Waals surface area contributed by atoms with Crippen molar-refractivity contribution in [3.8, 4) is 0 Å². The predicted octanol–water partition coefficient (Wildman–Crippen LogP) is 4.64. The minimum absolute atomic E-state index is 0.100. The van der Waals surface area contributed by atoms with Crippen LogP contribution in [-0.2, 0) is 9.53 Å². The lowest BCUT2D eigenvalue weighted by atomic mass is 9.99. The summed E-state index contributed by atoms with van der Waals surface area (Å²) >= 11 is 0. The molecule has 0 spiro atoms. The topological polar surface area (TPSA) is 46.5 Å². The maximum atomic E-state index is 11.8. The Morgan fingerprint density at radius 2 is 2.09 bits per heavy atom. The molecule has 3 heteroatoms. The SMILES string of the molecule is C=C[C@@](C)(O)CC/C=C(/C)CC/C=C1/C[C@H](C=C(C)C)OC1=O. The third-order valence-electron chi connectivity index (χ3n) is 3.97. The minimum Gasteiger partial charge on any atom is -0.454 e. The maximum Gasteiger partial charge on any atom is 0.334 e. The van der Waals surface area contributed by atoms with Crippen molar-refractivity contribution < 1.29 is 14.6 Å². The van der Waals surface area contributed by atoms with Gasteiger partial charge in [-0.25, -0.2) is 4.79 Å². The van der Waals surface area contributed by atoms with Crippen LogP contribution >= 0.6 is 0 Å². The summed E-state index contributed by atoms with van der Waals surface area (Å²) in [5.41, 5.74) is 2.42. The van der Waals surface area contributed by atoms with Gasteiger partial charge in [0.1, 0.15) is 6.10 Å². The number of rotatable bonds is 8. The molecule has 0 radical (unpaired) electrons. The van der Waals surface area contributed by atoms with E-state index in [2.05, 4.69) is 19.6 Å². The van der Waals surface area contributed by atoms with Crippen LogP contribution in [0.15, 0.2) is 47.6 Å². The second-order valence-corrected chi connectivity index (χ2v) is 6.81. The van der Waals surface area contributed by atoms with Crippen LogP contribution in [0.25, 0.3) is 0 Å². The molecule has 1 fully saturated rings. The van der Waals surface area contributed by atoms with Gasteiger partial charge in [0.05, 0.1) is 5.60 Å². The Kier molecular flexibility index (Phi) is 7.50. The van der Waals surface area contributed by atoms with Crippen molar-refractivity contribution in [1.29, 1.82) is 0 Å². The van der Waals surface area contributed by atoms with E-state index in [4.69, 9.17) is 4.74 Å². The van der Waals surface area contributed by atoms with Gasteiger partial charge in [-0.2, -0.15) is 0 Å². The molecule has 1 heterocycles. The van der Waals surface area contributed by atoms with Gasteiger partial charge >= 0.3 is 5.97 Å². The van der Waals surface area contributed by atoms with E-state index in [-0.39, 0.29) is 12.1 Å². The summed E-state index contributed by atoms with van der Waals surface area (Å²) in [6.07, 6.45) is 11.5. The van der Waals surface area contributed by atoms with Gasteiger partial charge in [-0.05, 0) is 59.5 Å². The Balaban J connectivity index is 2.42. The first kappa shape index (κ1) is 19.4. The zero-order valence-corrected chi connectivity index (χ0v) is 14.9. The van der Waals surface area contributed by atoms with Gasteiger partial charge in [0, 0.05) is 12.0 Å². The monoisotopic (exact) mass is 318 g/mol. The van der Waals surface area contributed by atoms with Crippen molar-refractivity contribution in [2.24, 2.45) is 0 Å². The number of hydrogen-bond acceptors (Lipinski definition) is 3. The number of hydrogen-bond donors (Lipinski definition) is 1. The molecule has 1 rings (SSSR count). The fourth-order valence-electron chi connectivity index (χ4n) is 2.48. The Labute approximate surface area is 140 Å². The van der Waals surface area contributed by atoms with Crippen molar-refractivity contribution in [2.75, 3.05) is 0 Å². The Bertz CT molecular complexity index is 517. The molecule has 0 aromatic heterocycles. The Morgan fingerprint density at radius 1 is 1.39 bits per heavy atom. The van der Waals surface area contributed by atoms with Gasteiger partial charge in [0.2, 0.25) is 0 Å². The van der Waals surface area contributed by atoms with Crippen LogP contribution in [0.3, 0.4) is 0 Å². The van der Waals surface area contributed by atoms with Crippen LogP contribution in [0.4, 0.5) is 0 Å². The summed E-state index contributed by atoms with van der Waals surface area (Å²) in [5, 5.41) is 9.86. The summed E-state index contributed by atoms with van der Waals surface area (Å²) in [6.45, 7) is 11.5. The van der Waals surface area contributed by atoms with Gasteiger partial charge in [-0.3, -0.25) is 0 Å². The van der Waals surface area contributed by atoms with E-state index in [0.717, 1.165) is 24.8 Å². The van der Waals surface area contributed by atoms with Gasteiger partial charge in [0.25, 0.3) is 0 Å². The fraction of sp³-hybridized carbons (Fsp3) is 0.550. The highest BCUT2D eigenvalue weighted by Crippen LogP contribution is 2.23. The molecule has 0 aromatic rings. The second kappa shape index (κ2) is 8.88. The van der Waals surface area contributed by atoms with E-state index in [1.54, 1.807) is 13.0 Å². The summed E-state index contributed by atoms with van der Waals surface area (Å²) in [5.74, 6) is -0.184. The van der Waals surface area contributed by atoms with Gasteiger partial charge in [0.15, 0.2) is 0 Å². The van der Waals surface area contributed by atoms with Crippen molar-refractivity contribution in [3.05, 3.63) is 47.6 Å². The smallest absolute Gasteiger partial charge is 0.334 e. The zero-order valence-electron chi connectivity index (χ0n) is 14.9. The highest BCUT2D eigenvalue weighted by atomic mass is 16.5. The standard InChI is InChI=1S/C20H30O3/c1-6-20(5,22)12-8-10-16(4)9-7-11-17-14-18(13-15(2)3)23-19(17)21/h6,10-11,13,18,22H,1,7-9,12,14H2,2-5H3/b16-10-,17-11-/t18-,20+/m0/s1. The summed E-state index contributed by atoms with van der Waals surface area (Å²) in [7, 11) is 0. The number of cyclic esters (lactones) is 1. The minimum atomic E-state index is -0.799. The first-order valence-corrected chi connectivity index (χ1v) is 8.30. The quantitative estimate of drug-likeness (QED) is 0.403. The highest BCUT2D eigenvalue weighted by Gasteiger charge is 2.26. The average molecular weight is 318 g/mol. The molecule has 0 aromatic carbocycles. The lowest BCUT2D eigenvalue weighted by Crippen LogP contribution is -2.19. The molecule has 2 atom stereocenters. The van der Waals surface area contributed by atoms with Crippen molar-refractivity contribution in [3.63, 3.8) is 0 Å². The summed E-state index contributed by atoms with van der Waals surface area (Å²) in [6, 6.07) is 0. The number of esters is 1. The van der Waals surface area contributed by atoms with Gasteiger partial charge < -0.3 is 9.84 Å². The molecule has 1 saturated heterocycles. The Morgan fingerprint density at radius 3 is 2.70 bits per heavy atom. The molecule has 128 valence electrons. The van der Waals surface area contributed by atoms with Gasteiger partial charge in [-0.1, -0.05) is 29.4 Å². The average Bonchev–Trinajstić information content (AvgIpc) is 2.78. The number of carbonyl (C=O) groups excluding carboxylic acids is 1. The molecule has 0 saturated carbocycles. The first-order chi connectivity index (χ1) is 10.7. The van der Waals surface area contributed by atoms with Crippen molar-refractivity contribution in [2.45, 2.75) is 71.5 Å². The first-order valence-electron chi connectivity index (χ1n) is 8.30. The van der Waals surface area contributed by atoms with Crippen LogP contribution in [0, 0.1) is 0 Å². The molecule has 0 amide bonds. The summed E-state index contributed by atoms with van der Waals surface area (Å²) < 4.78 is 5.32. The van der Waals surface area contributed by atoms with Crippen LogP contribution in [0.2, 0.25) is 0 Å². The fourth-order valence-corrected chi connectivity index (χ4v) is 2.48. The highest BCUT2D eigenvalue weighted by molar-refractivity contribution is 5.90. The molecule has 3 nitrogen and oxygen atoms in total. The van der Waals surface area contributed by atoms with E-state index < -0.39 is 5.60 Å². The van der Waals surface area contributed by atoms with E-state index in [1.807, 2.05) is 26.0 Å². The molecular weight excluding hydrogens is 288 g/mol. The lowest BCUT2D eigenvalue weighted by Gasteiger charge is -2.16. The Hall–Kier alpha value is -1.61. The lowest BCUT2D eigenvalue weighted by molar-refractivity contribution is -0.137.